The second kappa shape index (κ2) is 7.61. The minimum absolute atomic E-state index is 0.0942. The summed E-state index contributed by atoms with van der Waals surface area (Å²) >= 11 is 1.49. The van der Waals surface area contributed by atoms with Crippen molar-refractivity contribution in [2.24, 2.45) is 0 Å². The van der Waals surface area contributed by atoms with Gasteiger partial charge < -0.3 is 9.47 Å². The molecule has 1 saturated heterocycles. The molecule has 0 unspecified atom stereocenters. The molecule has 1 aromatic carbocycles. The van der Waals surface area contributed by atoms with Crippen molar-refractivity contribution < 1.29 is 22.7 Å². The standard InChI is InChI=1S/C16H18N2O5S2/c1-12-17-14(11-24-12)10-23-16(19)13-2-4-15(5-3-13)25(20,21)18-6-8-22-9-7-18/h2-5,11H,6-10H2,1H3. The zero-order valence-corrected chi connectivity index (χ0v) is 15.3. The Labute approximate surface area is 150 Å². The third-order valence-electron chi connectivity index (χ3n) is 3.72. The van der Waals surface area contributed by atoms with Gasteiger partial charge in [-0.05, 0) is 31.2 Å². The number of nitrogens with zero attached hydrogens (tertiary/aromatic N) is 2. The predicted octanol–water partition coefficient (Wildman–Crippen LogP) is 1.83. The first kappa shape index (κ1) is 18.0. The van der Waals surface area contributed by atoms with E-state index in [1.165, 1.54) is 39.9 Å². The number of ether oxygens (including phenoxy) is 2. The van der Waals surface area contributed by atoms with Gasteiger partial charge in [0.1, 0.15) is 6.61 Å². The number of hydrogen-bond donors (Lipinski definition) is 0. The minimum Gasteiger partial charge on any atom is -0.456 e. The summed E-state index contributed by atoms with van der Waals surface area (Å²) in [6, 6.07) is 5.77. The van der Waals surface area contributed by atoms with Crippen LogP contribution in [0, 0.1) is 6.92 Å². The van der Waals surface area contributed by atoms with Gasteiger partial charge in [-0.15, -0.1) is 11.3 Å². The molecular formula is C16H18N2O5S2. The van der Waals surface area contributed by atoms with Crippen molar-refractivity contribution in [2.75, 3.05) is 26.3 Å². The molecule has 134 valence electrons. The van der Waals surface area contributed by atoms with Gasteiger partial charge >= 0.3 is 5.97 Å². The van der Waals surface area contributed by atoms with Crippen LogP contribution in [-0.4, -0.2) is 50.0 Å². The highest BCUT2D eigenvalue weighted by Crippen LogP contribution is 2.18. The number of esters is 1. The van der Waals surface area contributed by atoms with Crippen LogP contribution in [0.1, 0.15) is 21.1 Å². The molecule has 1 aliphatic rings. The fourth-order valence-corrected chi connectivity index (χ4v) is 4.40. The highest BCUT2D eigenvalue weighted by atomic mass is 32.2. The summed E-state index contributed by atoms with van der Waals surface area (Å²) in [6.07, 6.45) is 0. The second-order valence-electron chi connectivity index (χ2n) is 5.47. The van der Waals surface area contributed by atoms with Crippen molar-refractivity contribution in [2.45, 2.75) is 18.4 Å². The SMILES string of the molecule is Cc1nc(COC(=O)c2ccc(S(=O)(=O)N3CCOCC3)cc2)cs1. The number of aryl methyl sites for hydroxylation is 1. The molecule has 0 amide bonds. The monoisotopic (exact) mass is 382 g/mol. The summed E-state index contributed by atoms with van der Waals surface area (Å²) < 4.78 is 36.8. The molecule has 2 heterocycles. The Kier molecular flexibility index (Phi) is 5.48. The number of sulfonamides is 1. The average Bonchev–Trinajstić information content (AvgIpc) is 3.06. The van der Waals surface area contributed by atoms with Crippen molar-refractivity contribution in [1.29, 1.82) is 0 Å². The molecule has 9 heteroatoms. The Morgan fingerprint density at radius 3 is 2.56 bits per heavy atom. The van der Waals surface area contributed by atoms with E-state index in [2.05, 4.69) is 4.98 Å². The molecule has 3 rings (SSSR count). The van der Waals surface area contributed by atoms with E-state index in [-0.39, 0.29) is 11.5 Å². The van der Waals surface area contributed by atoms with Crippen LogP contribution in [0.25, 0.3) is 0 Å². The fraction of sp³-hybridized carbons (Fsp3) is 0.375. The Bertz CT molecular complexity index is 840. The largest absolute Gasteiger partial charge is 0.456 e. The van der Waals surface area contributed by atoms with E-state index < -0.39 is 16.0 Å². The third kappa shape index (κ3) is 4.24. The van der Waals surface area contributed by atoms with Gasteiger partial charge in [0.05, 0.1) is 34.4 Å². The molecule has 0 radical (unpaired) electrons. The lowest BCUT2D eigenvalue weighted by atomic mass is 10.2. The molecule has 0 saturated carbocycles. The van der Waals surface area contributed by atoms with E-state index in [0.29, 0.717) is 37.6 Å². The van der Waals surface area contributed by atoms with Crippen LogP contribution in [0.3, 0.4) is 0 Å². The van der Waals surface area contributed by atoms with Gasteiger partial charge in [-0.2, -0.15) is 4.31 Å². The van der Waals surface area contributed by atoms with Gasteiger partial charge in [0.2, 0.25) is 10.0 Å². The van der Waals surface area contributed by atoms with Gasteiger partial charge in [0.25, 0.3) is 0 Å². The minimum atomic E-state index is -3.56. The molecule has 0 atom stereocenters. The molecule has 1 aromatic heterocycles. The Morgan fingerprint density at radius 2 is 1.96 bits per heavy atom. The molecule has 0 bridgehead atoms. The lowest BCUT2D eigenvalue weighted by molar-refractivity contribution is 0.0468. The summed E-state index contributed by atoms with van der Waals surface area (Å²) in [5.41, 5.74) is 0.996. The molecule has 2 aromatic rings. The molecule has 1 fully saturated rings. The highest BCUT2D eigenvalue weighted by molar-refractivity contribution is 7.89. The Morgan fingerprint density at radius 1 is 1.28 bits per heavy atom. The first-order chi connectivity index (χ1) is 12.0. The van der Waals surface area contributed by atoms with Crippen LogP contribution in [0.15, 0.2) is 34.5 Å². The number of morpholine rings is 1. The lowest BCUT2D eigenvalue weighted by Gasteiger charge is -2.26. The second-order valence-corrected chi connectivity index (χ2v) is 8.47. The highest BCUT2D eigenvalue weighted by Gasteiger charge is 2.26. The van der Waals surface area contributed by atoms with Gasteiger partial charge in [0, 0.05) is 18.5 Å². The summed E-state index contributed by atoms with van der Waals surface area (Å²) in [7, 11) is -3.56. The molecule has 1 aliphatic heterocycles. The maximum absolute atomic E-state index is 12.5. The van der Waals surface area contributed by atoms with Crippen molar-refractivity contribution >= 4 is 27.3 Å². The zero-order chi connectivity index (χ0) is 17.9. The number of hydrogen-bond acceptors (Lipinski definition) is 7. The van der Waals surface area contributed by atoms with Crippen molar-refractivity contribution in [1.82, 2.24) is 9.29 Å². The average molecular weight is 382 g/mol. The smallest absolute Gasteiger partial charge is 0.338 e. The van der Waals surface area contributed by atoms with Crippen LogP contribution in [0.4, 0.5) is 0 Å². The van der Waals surface area contributed by atoms with Crippen LogP contribution in [-0.2, 0) is 26.1 Å². The molecular weight excluding hydrogens is 364 g/mol. The van der Waals surface area contributed by atoms with E-state index in [9.17, 15) is 13.2 Å². The first-order valence-electron chi connectivity index (χ1n) is 7.73. The number of aromatic nitrogens is 1. The molecule has 25 heavy (non-hydrogen) atoms. The molecule has 7 nitrogen and oxygen atoms in total. The van der Waals surface area contributed by atoms with Crippen LogP contribution in [0.5, 0.6) is 0 Å². The summed E-state index contributed by atoms with van der Waals surface area (Å²) in [5, 5.41) is 2.74. The number of thiazole rings is 1. The third-order valence-corrected chi connectivity index (χ3v) is 6.45. The topological polar surface area (TPSA) is 85.8 Å². The number of carbonyl (C=O) groups excluding carboxylic acids is 1. The van der Waals surface area contributed by atoms with E-state index >= 15 is 0 Å². The quantitative estimate of drug-likeness (QED) is 0.734. The maximum atomic E-state index is 12.5. The van der Waals surface area contributed by atoms with Crippen molar-refractivity contribution in [3.8, 4) is 0 Å². The predicted molar refractivity (Wildman–Crippen MR) is 92.0 cm³/mol. The molecule has 0 N–H and O–H groups in total. The van der Waals surface area contributed by atoms with Crippen molar-refractivity contribution in [3.63, 3.8) is 0 Å². The number of rotatable bonds is 5. The van der Waals surface area contributed by atoms with Gasteiger partial charge in [-0.3, -0.25) is 0 Å². The van der Waals surface area contributed by atoms with Crippen LogP contribution >= 0.6 is 11.3 Å². The fourth-order valence-electron chi connectivity index (χ4n) is 2.40. The Hall–Kier alpha value is -1.81. The first-order valence-corrected chi connectivity index (χ1v) is 10.0. The summed E-state index contributed by atoms with van der Waals surface area (Å²) in [5.74, 6) is -0.513. The lowest BCUT2D eigenvalue weighted by Crippen LogP contribution is -2.40. The van der Waals surface area contributed by atoms with Gasteiger partial charge in [-0.25, -0.2) is 18.2 Å². The van der Waals surface area contributed by atoms with Gasteiger partial charge in [-0.1, -0.05) is 0 Å². The molecule has 0 aliphatic carbocycles. The van der Waals surface area contributed by atoms with Crippen molar-refractivity contribution in [3.05, 3.63) is 45.9 Å². The van der Waals surface area contributed by atoms with E-state index in [0.717, 1.165) is 5.01 Å². The molecule has 0 spiro atoms. The number of carbonyl (C=O) groups is 1. The van der Waals surface area contributed by atoms with E-state index in [4.69, 9.17) is 9.47 Å². The van der Waals surface area contributed by atoms with Crippen LogP contribution < -0.4 is 0 Å². The van der Waals surface area contributed by atoms with E-state index in [1.807, 2.05) is 12.3 Å². The summed E-state index contributed by atoms with van der Waals surface area (Å²) in [6.45, 7) is 3.42. The number of benzene rings is 1. The Balaban J connectivity index is 1.65. The van der Waals surface area contributed by atoms with E-state index in [1.54, 1.807) is 0 Å². The maximum Gasteiger partial charge on any atom is 0.338 e. The summed E-state index contributed by atoms with van der Waals surface area (Å²) in [4.78, 5) is 16.4. The zero-order valence-electron chi connectivity index (χ0n) is 13.7. The van der Waals surface area contributed by atoms with Crippen LogP contribution in [0.2, 0.25) is 0 Å². The normalized spacial score (nSPS) is 15.9. The van der Waals surface area contributed by atoms with Gasteiger partial charge in [0.15, 0.2) is 0 Å².